The van der Waals surface area contributed by atoms with Crippen molar-refractivity contribution in [1.29, 1.82) is 0 Å². The minimum Gasteiger partial charge on any atom is -0.198 e. The van der Waals surface area contributed by atoms with Gasteiger partial charge in [0.25, 0.3) is 5.78 Å². The van der Waals surface area contributed by atoms with E-state index in [0.717, 1.165) is 12.0 Å². The maximum absolute atomic E-state index is 6.39. The molecule has 6 heteroatoms. The molecule has 0 spiro atoms. The summed E-state index contributed by atoms with van der Waals surface area (Å²) in [6.45, 7) is 1.97. The van der Waals surface area contributed by atoms with Gasteiger partial charge in [-0.05, 0) is 5.56 Å². The van der Waals surface area contributed by atoms with E-state index in [-0.39, 0.29) is 0 Å². The molecule has 0 atom stereocenters. The summed E-state index contributed by atoms with van der Waals surface area (Å²) in [5.74, 6) is 1.11. The summed E-state index contributed by atoms with van der Waals surface area (Å²) in [7, 11) is 0. The monoisotopic (exact) mass is 292 g/mol. The quantitative estimate of drug-likeness (QED) is 0.677. The Hall–Kier alpha value is -1.65. The molecule has 19 heavy (non-hydrogen) atoms. The number of fused-ring (bicyclic) bond motifs is 1. The highest BCUT2D eigenvalue weighted by atomic mass is 35.5. The van der Waals surface area contributed by atoms with Gasteiger partial charge in [0.2, 0.25) is 0 Å². The smallest absolute Gasteiger partial charge is 0.198 e. The highest BCUT2D eigenvalue weighted by Gasteiger charge is 2.16. The summed E-state index contributed by atoms with van der Waals surface area (Å²) in [5.41, 5.74) is 1.57. The molecule has 0 N–H and O–H groups in total. The number of aryl methyl sites for hydroxylation is 1. The number of halogens is 2. The Morgan fingerprint density at radius 1 is 1.11 bits per heavy atom. The maximum atomic E-state index is 6.39. The Balaban J connectivity index is 2.31. The highest BCUT2D eigenvalue weighted by Crippen LogP contribution is 2.33. The summed E-state index contributed by atoms with van der Waals surface area (Å²) in [5, 5.41) is 5.07. The van der Waals surface area contributed by atoms with Crippen molar-refractivity contribution in [3.05, 3.63) is 46.5 Å². The third kappa shape index (κ3) is 2.07. The lowest BCUT2D eigenvalue weighted by Gasteiger charge is -2.07. The van der Waals surface area contributed by atoms with Gasteiger partial charge in [-0.1, -0.05) is 60.5 Å². The molecule has 96 valence electrons. The van der Waals surface area contributed by atoms with Crippen LogP contribution < -0.4 is 0 Å². The second-order valence-corrected chi connectivity index (χ2v) is 4.74. The Morgan fingerprint density at radius 3 is 2.53 bits per heavy atom. The summed E-state index contributed by atoms with van der Waals surface area (Å²) >= 11 is 12.6. The fraction of sp³-hybridized carbons (Fsp3) is 0.154. The zero-order chi connectivity index (χ0) is 13.4. The fourth-order valence-electron chi connectivity index (χ4n) is 1.88. The summed E-state index contributed by atoms with van der Waals surface area (Å²) in [6.07, 6.45) is 0.720. The van der Waals surface area contributed by atoms with Crippen LogP contribution in [0.3, 0.4) is 0 Å². The van der Waals surface area contributed by atoms with E-state index < -0.39 is 0 Å². The van der Waals surface area contributed by atoms with Crippen LogP contribution in [0.2, 0.25) is 10.3 Å². The van der Waals surface area contributed by atoms with Gasteiger partial charge in [0.05, 0.1) is 5.56 Å². The van der Waals surface area contributed by atoms with Gasteiger partial charge in [-0.25, -0.2) is 0 Å². The van der Waals surface area contributed by atoms with Crippen LogP contribution in [0.5, 0.6) is 0 Å². The molecular formula is C13H10Cl2N4. The van der Waals surface area contributed by atoms with Gasteiger partial charge in [0.1, 0.15) is 10.3 Å². The van der Waals surface area contributed by atoms with E-state index >= 15 is 0 Å². The number of nitrogens with zero attached hydrogens (tertiary/aromatic N) is 4. The predicted molar refractivity (Wildman–Crippen MR) is 75.6 cm³/mol. The SMILES string of the molecule is CCc1nc2nc(Cl)c(-c3ccccc3)c(Cl)n2n1. The lowest BCUT2D eigenvalue weighted by atomic mass is 10.1. The molecule has 0 aliphatic heterocycles. The number of hydrogen-bond acceptors (Lipinski definition) is 3. The average Bonchev–Trinajstić information content (AvgIpc) is 2.83. The lowest BCUT2D eigenvalue weighted by Crippen LogP contribution is -1.97. The largest absolute Gasteiger partial charge is 0.255 e. The van der Waals surface area contributed by atoms with Crippen molar-refractivity contribution in [2.75, 3.05) is 0 Å². The molecular weight excluding hydrogens is 283 g/mol. The summed E-state index contributed by atoms with van der Waals surface area (Å²) in [6, 6.07) is 9.63. The van der Waals surface area contributed by atoms with Crippen LogP contribution in [0.1, 0.15) is 12.7 Å². The number of rotatable bonds is 2. The van der Waals surface area contributed by atoms with Crippen molar-refractivity contribution in [3.8, 4) is 11.1 Å². The van der Waals surface area contributed by atoms with E-state index in [1.54, 1.807) is 0 Å². The molecule has 0 aliphatic rings. The molecule has 0 saturated heterocycles. The first-order valence-corrected chi connectivity index (χ1v) is 6.62. The molecule has 3 aromatic rings. The van der Waals surface area contributed by atoms with Crippen LogP contribution in [0.15, 0.2) is 30.3 Å². The zero-order valence-corrected chi connectivity index (χ0v) is 11.7. The van der Waals surface area contributed by atoms with Crippen molar-refractivity contribution >= 4 is 29.0 Å². The molecule has 4 nitrogen and oxygen atoms in total. The van der Waals surface area contributed by atoms with Crippen LogP contribution in [0.4, 0.5) is 0 Å². The van der Waals surface area contributed by atoms with Crippen molar-refractivity contribution < 1.29 is 0 Å². The van der Waals surface area contributed by atoms with Gasteiger partial charge in [0.15, 0.2) is 5.82 Å². The molecule has 0 unspecified atom stereocenters. The van der Waals surface area contributed by atoms with E-state index in [4.69, 9.17) is 23.2 Å². The van der Waals surface area contributed by atoms with Crippen LogP contribution in [0.25, 0.3) is 16.9 Å². The molecule has 3 rings (SSSR count). The van der Waals surface area contributed by atoms with E-state index in [9.17, 15) is 0 Å². The molecule has 0 aliphatic carbocycles. The third-order valence-electron chi connectivity index (χ3n) is 2.81. The molecule has 0 saturated carbocycles. The van der Waals surface area contributed by atoms with Gasteiger partial charge in [-0.15, -0.1) is 5.10 Å². The van der Waals surface area contributed by atoms with Gasteiger partial charge >= 0.3 is 0 Å². The Bertz CT molecular complexity index is 737. The van der Waals surface area contributed by atoms with Gasteiger partial charge in [-0.2, -0.15) is 14.5 Å². The number of hydrogen-bond donors (Lipinski definition) is 0. The number of benzene rings is 1. The third-order valence-corrected chi connectivity index (χ3v) is 3.43. The van der Waals surface area contributed by atoms with Crippen LogP contribution in [0, 0.1) is 0 Å². The molecule has 2 aromatic heterocycles. The molecule has 0 radical (unpaired) electrons. The molecule has 1 aromatic carbocycles. The Labute approximate surface area is 120 Å². The van der Waals surface area contributed by atoms with E-state index in [1.807, 2.05) is 37.3 Å². The van der Waals surface area contributed by atoms with Crippen molar-refractivity contribution in [2.24, 2.45) is 0 Å². The summed E-state index contributed by atoms with van der Waals surface area (Å²) < 4.78 is 1.52. The number of aromatic nitrogens is 4. The normalized spacial score (nSPS) is 11.1. The molecule has 0 amide bonds. The zero-order valence-electron chi connectivity index (χ0n) is 10.1. The van der Waals surface area contributed by atoms with Gasteiger partial charge < -0.3 is 0 Å². The first-order valence-electron chi connectivity index (χ1n) is 5.86. The lowest BCUT2D eigenvalue weighted by molar-refractivity contribution is 0.881. The molecule has 2 heterocycles. The van der Waals surface area contributed by atoms with Crippen molar-refractivity contribution in [2.45, 2.75) is 13.3 Å². The minimum absolute atomic E-state index is 0.332. The van der Waals surface area contributed by atoms with Gasteiger partial charge in [0, 0.05) is 6.42 Å². The standard InChI is InChI=1S/C13H10Cl2N4/c1-2-9-16-13-17-11(14)10(12(15)19(13)18-9)8-6-4-3-5-7-8/h3-7H,2H2,1H3. The fourth-order valence-corrected chi connectivity index (χ4v) is 2.51. The van der Waals surface area contributed by atoms with Crippen LogP contribution >= 0.6 is 23.2 Å². The van der Waals surface area contributed by atoms with Crippen LogP contribution in [-0.2, 0) is 6.42 Å². The van der Waals surface area contributed by atoms with Gasteiger partial charge in [-0.3, -0.25) is 0 Å². The highest BCUT2D eigenvalue weighted by molar-refractivity contribution is 6.38. The molecule has 0 bridgehead atoms. The van der Waals surface area contributed by atoms with Crippen LogP contribution in [-0.4, -0.2) is 19.6 Å². The summed E-state index contributed by atoms with van der Waals surface area (Å²) in [4.78, 5) is 8.51. The molecule has 0 fully saturated rings. The maximum Gasteiger partial charge on any atom is 0.255 e. The minimum atomic E-state index is 0.332. The Kier molecular flexibility index (Phi) is 3.12. The second kappa shape index (κ2) is 4.79. The van der Waals surface area contributed by atoms with Crippen molar-refractivity contribution in [1.82, 2.24) is 19.6 Å². The van der Waals surface area contributed by atoms with E-state index in [2.05, 4.69) is 15.1 Å². The first-order chi connectivity index (χ1) is 9.20. The first kappa shape index (κ1) is 12.4. The Morgan fingerprint density at radius 2 is 1.84 bits per heavy atom. The second-order valence-electron chi connectivity index (χ2n) is 4.03. The average molecular weight is 293 g/mol. The van der Waals surface area contributed by atoms with Crippen molar-refractivity contribution in [3.63, 3.8) is 0 Å². The van der Waals surface area contributed by atoms with E-state index in [1.165, 1.54) is 4.52 Å². The predicted octanol–water partition coefficient (Wildman–Crippen LogP) is 3.66. The van der Waals surface area contributed by atoms with E-state index in [0.29, 0.717) is 27.5 Å². The topological polar surface area (TPSA) is 43.1 Å².